The Morgan fingerprint density at radius 2 is 1.96 bits per heavy atom. The van der Waals surface area contributed by atoms with E-state index in [2.05, 4.69) is 10.4 Å². The van der Waals surface area contributed by atoms with Crippen molar-refractivity contribution in [2.45, 2.75) is 38.6 Å². The first kappa shape index (κ1) is 17.1. The van der Waals surface area contributed by atoms with Crippen molar-refractivity contribution in [3.8, 4) is 5.69 Å². The Morgan fingerprint density at radius 3 is 2.64 bits per heavy atom. The predicted molar refractivity (Wildman–Crippen MR) is 88.9 cm³/mol. The van der Waals surface area contributed by atoms with Crippen molar-refractivity contribution in [1.29, 1.82) is 0 Å². The molecule has 1 saturated carbocycles. The number of hydrogen-bond donors (Lipinski definition) is 1. The van der Waals surface area contributed by atoms with Crippen molar-refractivity contribution in [1.82, 2.24) is 15.1 Å². The predicted octanol–water partition coefficient (Wildman–Crippen LogP) is 2.54. The number of carbonyl (C=O) groups excluding carboxylic acids is 2. The number of hydrogen-bond acceptors (Lipinski definition) is 4. The number of ether oxygens (including phenoxy) is 1. The summed E-state index contributed by atoms with van der Waals surface area (Å²) in [5, 5.41) is 7.03. The standard InChI is InChI=1S/C18H20FN3O3/c1-12-10-16(21-22(12)15-8-6-13(19)7-9-15)18(24)25-11-17(23)20-14-4-2-3-5-14/h6-10,14H,2-5,11H2,1H3,(H,20,23). The quantitative estimate of drug-likeness (QED) is 0.845. The first-order valence-electron chi connectivity index (χ1n) is 8.32. The number of aryl methyl sites for hydroxylation is 1. The van der Waals surface area contributed by atoms with Crippen LogP contribution in [0.3, 0.4) is 0 Å². The molecule has 6 nitrogen and oxygen atoms in total. The summed E-state index contributed by atoms with van der Waals surface area (Å²) < 4.78 is 19.6. The second kappa shape index (κ2) is 7.46. The van der Waals surface area contributed by atoms with Crippen molar-refractivity contribution >= 4 is 11.9 Å². The summed E-state index contributed by atoms with van der Waals surface area (Å²) in [6, 6.07) is 7.54. The van der Waals surface area contributed by atoms with Crippen LogP contribution >= 0.6 is 0 Å². The third-order valence-corrected chi connectivity index (χ3v) is 4.22. The van der Waals surface area contributed by atoms with Gasteiger partial charge in [0.15, 0.2) is 12.3 Å². The Bertz CT molecular complexity index is 764. The van der Waals surface area contributed by atoms with Gasteiger partial charge in [0.2, 0.25) is 0 Å². The van der Waals surface area contributed by atoms with Crippen LogP contribution in [0.2, 0.25) is 0 Å². The van der Waals surface area contributed by atoms with E-state index in [1.807, 2.05) is 0 Å². The Kier molecular flexibility index (Phi) is 5.11. The molecule has 1 aromatic carbocycles. The monoisotopic (exact) mass is 345 g/mol. The molecule has 25 heavy (non-hydrogen) atoms. The molecule has 0 radical (unpaired) electrons. The van der Waals surface area contributed by atoms with E-state index in [0.29, 0.717) is 11.4 Å². The molecular formula is C18H20FN3O3. The third-order valence-electron chi connectivity index (χ3n) is 4.22. The molecule has 0 aliphatic heterocycles. The summed E-state index contributed by atoms with van der Waals surface area (Å²) in [7, 11) is 0. The maximum absolute atomic E-state index is 13.0. The van der Waals surface area contributed by atoms with Gasteiger partial charge in [0.05, 0.1) is 5.69 Å². The maximum Gasteiger partial charge on any atom is 0.359 e. The van der Waals surface area contributed by atoms with Crippen LogP contribution in [0, 0.1) is 12.7 Å². The molecule has 0 bridgehead atoms. The molecule has 3 rings (SSSR count). The number of amides is 1. The van der Waals surface area contributed by atoms with Gasteiger partial charge < -0.3 is 10.1 Å². The van der Waals surface area contributed by atoms with E-state index < -0.39 is 5.97 Å². The zero-order valence-corrected chi connectivity index (χ0v) is 14.0. The molecule has 1 amide bonds. The van der Waals surface area contributed by atoms with Gasteiger partial charge in [-0.25, -0.2) is 13.9 Å². The van der Waals surface area contributed by atoms with Crippen molar-refractivity contribution in [3.63, 3.8) is 0 Å². The number of nitrogens with zero attached hydrogens (tertiary/aromatic N) is 2. The van der Waals surface area contributed by atoms with E-state index in [-0.39, 0.29) is 30.1 Å². The van der Waals surface area contributed by atoms with E-state index in [0.717, 1.165) is 25.7 Å². The average Bonchev–Trinajstić information content (AvgIpc) is 3.23. The highest BCUT2D eigenvalue weighted by Crippen LogP contribution is 2.17. The molecule has 1 N–H and O–H groups in total. The normalized spacial score (nSPS) is 14.5. The minimum Gasteiger partial charge on any atom is -0.451 e. The summed E-state index contributed by atoms with van der Waals surface area (Å²) in [5.74, 6) is -1.30. The van der Waals surface area contributed by atoms with Gasteiger partial charge >= 0.3 is 5.97 Å². The van der Waals surface area contributed by atoms with Crippen LogP contribution < -0.4 is 5.32 Å². The first-order valence-corrected chi connectivity index (χ1v) is 8.32. The molecule has 132 valence electrons. The topological polar surface area (TPSA) is 73.2 Å². The van der Waals surface area contributed by atoms with Gasteiger partial charge in [0.1, 0.15) is 5.82 Å². The van der Waals surface area contributed by atoms with Crippen LogP contribution in [0.1, 0.15) is 41.9 Å². The van der Waals surface area contributed by atoms with Crippen molar-refractivity contribution in [3.05, 3.63) is 47.5 Å². The largest absolute Gasteiger partial charge is 0.451 e. The summed E-state index contributed by atoms with van der Waals surface area (Å²) in [4.78, 5) is 23.9. The Balaban J connectivity index is 1.59. The molecule has 7 heteroatoms. The van der Waals surface area contributed by atoms with Crippen LogP contribution in [-0.2, 0) is 9.53 Å². The molecule has 2 aromatic rings. The number of rotatable bonds is 5. The van der Waals surface area contributed by atoms with Crippen molar-refractivity contribution in [2.24, 2.45) is 0 Å². The molecule has 1 fully saturated rings. The SMILES string of the molecule is Cc1cc(C(=O)OCC(=O)NC2CCCC2)nn1-c1ccc(F)cc1. The molecule has 0 unspecified atom stereocenters. The van der Waals surface area contributed by atoms with Gasteiger partial charge in [0, 0.05) is 11.7 Å². The Hall–Kier alpha value is -2.70. The average molecular weight is 345 g/mol. The summed E-state index contributed by atoms with van der Waals surface area (Å²) in [6.07, 6.45) is 4.18. The molecule has 0 saturated heterocycles. The highest BCUT2D eigenvalue weighted by molar-refractivity contribution is 5.89. The smallest absolute Gasteiger partial charge is 0.359 e. The molecular weight excluding hydrogens is 325 g/mol. The summed E-state index contributed by atoms with van der Waals surface area (Å²) in [5.41, 5.74) is 1.45. The van der Waals surface area contributed by atoms with E-state index in [1.165, 1.54) is 16.8 Å². The molecule has 0 spiro atoms. The lowest BCUT2D eigenvalue weighted by atomic mass is 10.2. The highest BCUT2D eigenvalue weighted by Gasteiger charge is 2.19. The molecule has 0 atom stereocenters. The lowest BCUT2D eigenvalue weighted by molar-refractivity contribution is -0.124. The Morgan fingerprint density at radius 1 is 1.28 bits per heavy atom. The molecule has 1 aliphatic carbocycles. The minimum absolute atomic E-state index is 0.107. The summed E-state index contributed by atoms with van der Waals surface area (Å²) >= 11 is 0. The maximum atomic E-state index is 13.0. The first-order chi connectivity index (χ1) is 12.0. The van der Waals surface area contributed by atoms with Crippen LogP contribution in [0.25, 0.3) is 5.69 Å². The van der Waals surface area contributed by atoms with Gasteiger partial charge in [-0.1, -0.05) is 12.8 Å². The van der Waals surface area contributed by atoms with Crippen molar-refractivity contribution in [2.75, 3.05) is 6.61 Å². The number of esters is 1. The van der Waals surface area contributed by atoms with Gasteiger partial charge in [-0.05, 0) is 50.1 Å². The van der Waals surface area contributed by atoms with Crippen LogP contribution in [-0.4, -0.2) is 34.3 Å². The Labute approximate surface area is 145 Å². The zero-order chi connectivity index (χ0) is 17.8. The second-order valence-corrected chi connectivity index (χ2v) is 6.18. The number of nitrogens with one attached hydrogen (secondary N) is 1. The van der Waals surface area contributed by atoms with Crippen LogP contribution in [0.5, 0.6) is 0 Å². The van der Waals surface area contributed by atoms with Gasteiger partial charge in [-0.3, -0.25) is 4.79 Å². The fraction of sp³-hybridized carbons (Fsp3) is 0.389. The van der Waals surface area contributed by atoms with E-state index in [1.54, 1.807) is 25.1 Å². The highest BCUT2D eigenvalue weighted by atomic mass is 19.1. The van der Waals surface area contributed by atoms with Crippen LogP contribution in [0.4, 0.5) is 4.39 Å². The number of aromatic nitrogens is 2. The fourth-order valence-electron chi connectivity index (χ4n) is 2.96. The molecule has 1 heterocycles. The molecule has 1 aliphatic rings. The number of carbonyl (C=O) groups is 2. The third kappa shape index (κ3) is 4.23. The zero-order valence-electron chi connectivity index (χ0n) is 14.0. The van der Waals surface area contributed by atoms with E-state index >= 15 is 0 Å². The summed E-state index contributed by atoms with van der Waals surface area (Å²) in [6.45, 7) is 1.46. The van der Waals surface area contributed by atoms with Gasteiger partial charge in [-0.2, -0.15) is 5.10 Å². The van der Waals surface area contributed by atoms with Gasteiger partial charge in [0.25, 0.3) is 5.91 Å². The number of halogens is 1. The lowest BCUT2D eigenvalue weighted by Crippen LogP contribution is -2.35. The van der Waals surface area contributed by atoms with Gasteiger partial charge in [-0.15, -0.1) is 0 Å². The second-order valence-electron chi connectivity index (χ2n) is 6.18. The van der Waals surface area contributed by atoms with E-state index in [4.69, 9.17) is 4.74 Å². The van der Waals surface area contributed by atoms with Crippen molar-refractivity contribution < 1.29 is 18.7 Å². The minimum atomic E-state index is -0.662. The fourth-order valence-corrected chi connectivity index (χ4v) is 2.96. The lowest BCUT2D eigenvalue weighted by Gasteiger charge is -2.11. The molecule has 1 aromatic heterocycles. The number of benzene rings is 1. The van der Waals surface area contributed by atoms with E-state index in [9.17, 15) is 14.0 Å². The van der Waals surface area contributed by atoms with Crippen LogP contribution in [0.15, 0.2) is 30.3 Å².